The van der Waals surface area contributed by atoms with Gasteiger partial charge in [0.2, 0.25) is 0 Å². The molecule has 0 fully saturated rings. The van der Waals surface area contributed by atoms with Crippen LogP contribution in [0, 0.1) is 0 Å². The lowest BCUT2D eigenvalue weighted by Crippen LogP contribution is -2.03. The highest BCUT2D eigenvalue weighted by Gasteiger charge is 2.13. The standard InChI is InChI=1S/C15H10N4O/c1-2-10-5-11(6-13-14(10)19-4-3-18-13)15(20)12-7-16-9-17-8-12/h2-9H,1H2. The summed E-state index contributed by atoms with van der Waals surface area (Å²) >= 11 is 0. The SMILES string of the molecule is C=Cc1cc(C(=O)c2cncnc2)cc2nccnc12. The van der Waals surface area contributed by atoms with E-state index in [9.17, 15) is 4.79 Å². The predicted molar refractivity (Wildman–Crippen MR) is 75.1 cm³/mol. The predicted octanol–water partition coefficient (Wildman–Crippen LogP) is 2.29. The van der Waals surface area contributed by atoms with Crippen molar-refractivity contribution in [2.24, 2.45) is 0 Å². The molecule has 5 nitrogen and oxygen atoms in total. The van der Waals surface area contributed by atoms with Crippen LogP contribution in [0.5, 0.6) is 0 Å². The highest BCUT2D eigenvalue weighted by Crippen LogP contribution is 2.20. The molecule has 0 aliphatic carbocycles. The first kappa shape index (κ1) is 12.1. The first-order valence-corrected chi connectivity index (χ1v) is 5.96. The fraction of sp³-hybridized carbons (Fsp3) is 0. The normalized spacial score (nSPS) is 10.4. The van der Waals surface area contributed by atoms with Gasteiger partial charge < -0.3 is 0 Å². The number of nitrogens with zero attached hydrogens (tertiary/aromatic N) is 4. The second-order valence-corrected chi connectivity index (χ2v) is 4.15. The van der Waals surface area contributed by atoms with Gasteiger partial charge in [0.1, 0.15) is 6.33 Å². The fourth-order valence-corrected chi connectivity index (χ4v) is 1.97. The molecule has 3 rings (SSSR count). The van der Waals surface area contributed by atoms with Gasteiger partial charge in [-0.25, -0.2) is 9.97 Å². The Bertz CT molecular complexity index is 799. The molecule has 0 atom stereocenters. The molecular formula is C15H10N4O. The van der Waals surface area contributed by atoms with Gasteiger partial charge in [-0.1, -0.05) is 12.7 Å². The zero-order valence-electron chi connectivity index (χ0n) is 10.5. The van der Waals surface area contributed by atoms with Gasteiger partial charge in [-0.3, -0.25) is 14.8 Å². The lowest BCUT2D eigenvalue weighted by Gasteiger charge is -2.05. The molecule has 1 aromatic carbocycles. The molecule has 0 radical (unpaired) electrons. The fourth-order valence-electron chi connectivity index (χ4n) is 1.97. The lowest BCUT2D eigenvalue weighted by molar-refractivity contribution is 0.103. The Morgan fingerprint density at radius 3 is 2.55 bits per heavy atom. The van der Waals surface area contributed by atoms with E-state index in [1.807, 2.05) is 0 Å². The van der Waals surface area contributed by atoms with Gasteiger partial charge in [-0.05, 0) is 12.1 Å². The number of benzene rings is 1. The van der Waals surface area contributed by atoms with E-state index in [1.54, 1.807) is 30.6 Å². The molecule has 0 aliphatic rings. The van der Waals surface area contributed by atoms with Crippen LogP contribution in [0.4, 0.5) is 0 Å². The number of rotatable bonds is 3. The zero-order valence-corrected chi connectivity index (χ0v) is 10.5. The molecule has 0 saturated carbocycles. The summed E-state index contributed by atoms with van der Waals surface area (Å²) in [6.45, 7) is 3.75. The summed E-state index contributed by atoms with van der Waals surface area (Å²) in [5, 5.41) is 0. The van der Waals surface area contributed by atoms with E-state index in [0.717, 1.165) is 11.1 Å². The van der Waals surface area contributed by atoms with Crippen molar-refractivity contribution >= 4 is 22.9 Å². The molecule has 0 bridgehead atoms. The van der Waals surface area contributed by atoms with Crippen LogP contribution < -0.4 is 0 Å². The maximum absolute atomic E-state index is 12.4. The van der Waals surface area contributed by atoms with Crippen molar-refractivity contribution in [3.05, 3.63) is 66.5 Å². The van der Waals surface area contributed by atoms with E-state index in [4.69, 9.17) is 0 Å². The van der Waals surface area contributed by atoms with Crippen molar-refractivity contribution in [1.82, 2.24) is 19.9 Å². The second-order valence-electron chi connectivity index (χ2n) is 4.15. The van der Waals surface area contributed by atoms with Crippen LogP contribution in [0.2, 0.25) is 0 Å². The van der Waals surface area contributed by atoms with Crippen LogP contribution in [0.1, 0.15) is 21.5 Å². The minimum absolute atomic E-state index is 0.152. The first-order valence-electron chi connectivity index (χ1n) is 5.96. The topological polar surface area (TPSA) is 68.6 Å². The third kappa shape index (κ3) is 2.05. The van der Waals surface area contributed by atoms with Crippen molar-refractivity contribution in [3.8, 4) is 0 Å². The zero-order chi connectivity index (χ0) is 13.9. The average Bonchev–Trinajstić information content (AvgIpc) is 2.54. The maximum Gasteiger partial charge on any atom is 0.196 e. The summed E-state index contributed by atoms with van der Waals surface area (Å²) in [5.74, 6) is -0.152. The largest absolute Gasteiger partial charge is 0.288 e. The van der Waals surface area contributed by atoms with Crippen LogP contribution in [0.15, 0.2) is 49.8 Å². The molecule has 96 valence electrons. The molecule has 0 unspecified atom stereocenters. The minimum Gasteiger partial charge on any atom is -0.288 e. The van der Waals surface area contributed by atoms with Crippen LogP contribution in [0.25, 0.3) is 17.1 Å². The summed E-state index contributed by atoms with van der Waals surface area (Å²) in [4.78, 5) is 28.6. The Kier molecular flexibility index (Phi) is 3.01. The van der Waals surface area contributed by atoms with Crippen molar-refractivity contribution in [1.29, 1.82) is 0 Å². The molecule has 3 aromatic rings. The van der Waals surface area contributed by atoms with Gasteiger partial charge in [-0.15, -0.1) is 0 Å². The summed E-state index contributed by atoms with van der Waals surface area (Å²) in [7, 11) is 0. The summed E-state index contributed by atoms with van der Waals surface area (Å²) in [6.07, 6.45) is 9.23. The van der Waals surface area contributed by atoms with Crippen molar-refractivity contribution in [2.45, 2.75) is 0 Å². The van der Waals surface area contributed by atoms with Crippen molar-refractivity contribution in [3.63, 3.8) is 0 Å². The molecule has 2 aromatic heterocycles. The highest BCUT2D eigenvalue weighted by molar-refractivity contribution is 6.10. The maximum atomic E-state index is 12.4. The molecular weight excluding hydrogens is 252 g/mol. The number of hydrogen-bond donors (Lipinski definition) is 0. The lowest BCUT2D eigenvalue weighted by atomic mass is 10.0. The second kappa shape index (κ2) is 4.97. The van der Waals surface area contributed by atoms with E-state index in [-0.39, 0.29) is 5.78 Å². The molecule has 5 heteroatoms. The Balaban J connectivity index is 2.17. The van der Waals surface area contributed by atoms with E-state index in [1.165, 1.54) is 18.7 Å². The van der Waals surface area contributed by atoms with Gasteiger partial charge in [0.25, 0.3) is 0 Å². The van der Waals surface area contributed by atoms with Gasteiger partial charge in [0.05, 0.1) is 16.6 Å². The number of aromatic nitrogens is 4. The summed E-state index contributed by atoms with van der Waals surface area (Å²) < 4.78 is 0. The number of carbonyl (C=O) groups excluding carboxylic acids is 1. The van der Waals surface area contributed by atoms with E-state index >= 15 is 0 Å². The number of carbonyl (C=O) groups is 1. The molecule has 0 amide bonds. The molecule has 20 heavy (non-hydrogen) atoms. The van der Waals surface area contributed by atoms with Crippen LogP contribution >= 0.6 is 0 Å². The van der Waals surface area contributed by atoms with Crippen molar-refractivity contribution < 1.29 is 4.79 Å². The van der Waals surface area contributed by atoms with Gasteiger partial charge >= 0.3 is 0 Å². The summed E-state index contributed by atoms with van der Waals surface area (Å²) in [6, 6.07) is 3.46. The van der Waals surface area contributed by atoms with Crippen LogP contribution in [-0.2, 0) is 0 Å². The number of ketones is 1. The quantitative estimate of drug-likeness (QED) is 0.677. The monoisotopic (exact) mass is 262 g/mol. The van der Waals surface area contributed by atoms with Crippen LogP contribution in [-0.4, -0.2) is 25.7 Å². The van der Waals surface area contributed by atoms with Gasteiger partial charge in [0.15, 0.2) is 5.78 Å². The van der Waals surface area contributed by atoms with Gasteiger partial charge in [0, 0.05) is 35.9 Å². The summed E-state index contributed by atoms with van der Waals surface area (Å²) in [5.41, 5.74) is 3.11. The smallest absolute Gasteiger partial charge is 0.196 e. The molecule has 0 saturated heterocycles. The van der Waals surface area contributed by atoms with Gasteiger partial charge in [-0.2, -0.15) is 0 Å². The Hall–Kier alpha value is -2.95. The first-order chi connectivity index (χ1) is 9.79. The average molecular weight is 262 g/mol. The highest BCUT2D eigenvalue weighted by atomic mass is 16.1. The molecule has 0 aliphatic heterocycles. The molecule has 0 N–H and O–H groups in total. The van der Waals surface area contributed by atoms with Crippen molar-refractivity contribution in [2.75, 3.05) is 0 Å². The molecule has 2 heterocycles. The number of fused-ring (bicyclic) bond motifs is 1. The minimum atomic E-state index is -0.152. The van der Waals surface area contributed by atoms with E-state index in [0.29, 0.717) is 16.6 Å². The third-order valence-corrected chi connectivity index (χ3v) is 2.91. The van der Waals surface area contributed by atoms with E-state index < -0.39 is 0 Å². The Morgan fingerprint density at radius 2 is 1.80 bits per heavy atom. The van der Waals surface area contributed by atoms with E-state index in [2.05, 4.69) is 26.5 Å². The Labute approximate surface area is 115 Å². The number of hydrogen-bond acceptors (Lipinski definition) is 5. The Morgan fingerprint density at radius 1 is 1.05 bits per heavy atom. The third-order valence-electron chi connectivity index (χ3n) is 2.91. The molecule has 0 spiro atoms. The van der Waals surface area contributed by atoms with Crippen LogP contribution in [0.3, 0.4) is 0 Å².